The molecule has 0 aliphatic carbocycles. The zero-order chi connectivity index (χ0) is 16.1. The molecule has 1 unspecified atom stereocenters. The van der Waals surface area contributed by atoms with Gasteiger partial charge in [-0.15, -0.1) is 0 Å². The van der Waals surface area contributed by atoms with Crippen LogP contribution in [0.4, 0.5) is 8.78 Å². The van der Waals surface area contributed by atoms with Gasteiger partial charge in [-0.3, -0.25) is 4.79 Å². The second-order valence-electron chi connectivity index (χ2n) is 5.76. The summed E-state index contributed by atoms with van der Waals surface area (Å²) in [6, 6.07) is 6.51. The number of carbonyl (C=O) groups excluding carboxylic acids is 1. The van der Waals surface area contributed by atoms with E-state index in [1.807, 2.05) is 6.92 Å². The molecule has 22 heavy (non-hydrogen) atoms. The van der Waals surface area contributed by atoms with Crippen LogP contribution in [0.5, 0.6) is 5.75 Å². The molecule has 1 saturated heterocycles. The average Bonchev–Trinajstić information content (AvgIpc) is 2.46. The van der Waals surface area contributed by atoms with Crippen LogP contribution in [0.15, 0.2) is 24.3 Å². The Morgan fingerprint density at radius 2 is 2.23 bits per heavy atom. The fourth-order valence-electron chi connectivity index (χ4n) is 2.74. The molecule has 4 nitrogen and oxygen atoms in total. The molecule has 0 bridgehead atoms. The van der Waals surface area contributed by atoms with Gasteiger partial charge in [0.25, 0.3) is 0 Å². The van der Waals surface area contributed by atoms with Crippen LogP contribution in [0, 0.1) is 5.92 Å². The summed E-state index contributed by atoms with van der Waals surface area (Å²) in [5.41, 5.74) is 0.744. The van der Waals surface area contributed by atoms with Crippen molar-refractivity contribution in [3.8, 4) is 5.75 Å². The maximum atomic E-state index is 12.3. The van der Waals surface area contributed by atoms with Gasteiger partial charge in [-0.1, -0.05) is 12.1 Å². The molecule has 3 atom stereocenters. The second kappa shape index (κ2) is 7.54. The lowest BCUT2D eigenvalue weighted by Crippen LogP contribution is -2.42. The third-order valence-electron chi connectivity index (χ3n) is 3.94. The van der Waals surface area contributed by atoms with Crippen LogP contribution in [0.2, 0.25) is 0 Å². The van der Waals surface area contributed by atoms with Gasteiger partial charge in [-0.2, -0.15) is 8.78 Å². The number of ether oxygens (including phenoxy) is 1. The molecule has 0 spiro atoms. The summed E-state index contributed by atoms with van der Waals surface area (Å²) in [6.07, 6.45) is 1.63. The van der Waals surface area contributed by atoms with Gasteiger partial charge in [0.2, 0.25) is 5.91 Å². The van der Waals surface area contributed by atoms with Gasteiger partial charge >= 0.3 is 6.61 Å². The number of amides is 1. The predicted molar refractivity (Wildman–Crippen MR) is 79.8 cm³/mol. The first-order chi connectivity index (χ1) is 10.5. The summed E-state index contributed by atoms with van der Waals surface area (Å²) in [7, 11) is 0. The van der Waals surface area contributed by atoms with Crippen molar-refractivity contribution in [2.45, 2.75) is 45.4 Å². The van der Waals surface area contributed by atoms with Crippen LogP contribution < -0.4 is 15.4 Å². The van der Waals surface area contributed by atoms with E-state index >= 15 is 0 Å². The molecular formula is C16H22F2N2O2. The first-order valence-corrected chi connectivity index (χ1v) is 7.54. The standard InChI is InChI=1S/C16H22F2N2O2/c1-10-8-13(6-7-19-10)15(21)20-11(2)12-4-3-5-14(9-12)22-16(17)18/h3-5,9-11,13,16,19H,6-8H2,1-2H3,(H,20,21)/t10-,11?,13-/m0/s1. The fraction of sp³-hybridized carbons (Fsp3) is 0.562. The van der Waals surface area contributed by atoms with Crippen molar-refractivity contribution in [2.24, 2.45) is 5.92 Å². The van der Waals surface area contributed by atoms with Crippen molar-refractivity contribution in [3.05, 3.63) is 29.8 Å². The predicted octanol–water partition coefficient (Wildman–Crippen LogP) is 2.85. The van der Waals surface area contributed by atoms with E-state index in [1.165, 1.54) is 12.1 Å². The first kappa shape index (κ1) is 16.7. The van der Waals surface area contributed by atoms with E-state index in [0.717, 1.165) is 24.9 Å². The smallest absolute Gasteiger partial charge is 0.387 e. The van der Waals surface area contributed by atoms with E-state index < -0.39 is 6.61 Å². The van der Waals surface area contributed by atoms with Crippen molar-refractivity contribution >= 4 is 5.91 Å². The summed E-state index contributed by atoms with van der Waals surface area (Å²) in [5.74, 6) is 0.115. The zero-order valence-electron chi connectivity index (χ0n) is 12.8. The number of carbonyl (C=O) groups is 1. The molecular weight excluding hydrogens is 290 g/mol. The molecule has 1 heterocycles. The molecule has 2 N–H and O–H groups in total. The third-order valence-corrected chi connectivity index (χ3v) is 3.94. The highest BCUT2D eigenvalue weighted by Gasteiger charge is 2.25. The molecule has 1 amide bonds. The summed E-state index contributed by atoms with van der Waals surface area (Å²) in [4.78, 5) is 12.3. The maximum absolute atomic E-state index is 12.3. The SMILES string of the molecule is CC(NC(=O)[C@H]1CCN[C@@H](C)C1)c1cccc(OC(F)F)c1. The summed E-state index contributed by atoms with van der Waals surface area (Å²) in [5, 5.41) is 6.27. The number of benzene rings is 1. The van der Waals surface area contributed by atoms with Gasteiger partial charge in [0.05, 0.1) is 6.04 Å². The maximum Gasteiger partial charge on any atom is 0.387 e. The first-order valence-electron chi connectivity index (χ1n) is 7.54. The van der Waals surface area contributed by atoms with Crippen molar-refractivity contribution in [2.75, 3.05) is 6.54 Å². The molecule has 1 aromatic rings. The van der Waals surface area contributed by atoms with Crippen molar-refractivity contribution in [3.63, 3.8) is 0 Å². The van der Waals surface area contributed by atoms with Gasteiger partial charge < -0.3 is 15.4 Å². The second-order valence-corrected chi connectivity index (χ2v) is 5.76. The molecule has 2 rings (SSSR count). The number of alkyl halides is 2. The molecule has 1 aromatic carbocycles. The van der Waals surface area contributed by atoms with Gasteiger partial charge in [0.1, 0.15) is 5.75 Å². The Bertz CT molecular complexity index is 511. The van der Waals surface area contributed by atoms with E-state index in [4.69, 9.17) is 0 Å². The quantitative estimate of drug-likeness (QED) is 0.879. The minimum atomic E-state index is -2.85. The number of rotatable bonds is 5. The van der Waals surface area contributed by atoms with Crippen LogP contribution in [-0.2, 0) is 4.79 Å². The van der Waals surface area contributed by atoms with E-state index in [0.29, 0.717) is 6.04 Å². The largest absolute Gasteiger partial charge is 0.435 e. The third kappa shape index (κ3) is 4.66. The van der Waals surface area contributed by atoms with E-state index in [2.05, 4.69) is 22.3 Å². The van der Waals surface area contributed by atoms with Crippen molar-refractivity contribution in [1.29, 1.82) is 0 Å². The molecule has 1 aliphatic rings. The topological polar surface area (TPSA) is 50.4 Å². The normalized spacial score (nSPS) is 23.1. The number of hydrogen-bond acceptors (Lipinski definition) is 3. The Kier molecular flexibility index (Phi) is 5.71. The van der Waals surface area contributed by atoms with E-state index in [9.17, 15) is 13.6 Å². The highest BCUT2D eigenvalue weighted by atomic mass is 19.3. The number of halogens is 2. The lowest BCUT2D eigenvalue weighted by atomic mass is 9.92. The van der Waals surface area contributed by atoms with Gasteiger partial charge in [-0.05, 0) is 50.9 Å². The number of hydrogen-bond donors (Lipinski definition) is 2. The lowest BCUT2D eigenvalue weighted by molar-refractivity contribution is -0.126. The Morgan fingerprint density at radius 3 is 2.91 bits per heavy atom. The van der Waals surface area contributed by atoms with Crippen LogP contribution in [0.25, 0.3) is 0 Å². The van der Waals surface area contributed by atoms with Gasteiger partial charge in [0, 0.05) is 12.0 Å². The van der Waals surface area contributed by atoms with E-state index in [-0.39, 0.29) is 23.6 Å². The molecule has 6 heteroatoms. The number of nitrogens with one attached hydrogen (secondary N) is 2. The van der Waals surface area contributed by atoms with Crippen LogP contribution in [0.1, 0.15) is 38.3 Å². The Labute approximate surface area is 129 Å². The Morgan fingerprint density at radius 1 is 1.45 bits per heavy atom. The summed E-state index contributed by atoms with van der Waals surface area (Å²) < 4.78 is 28.9. The minimum Gasteiger partial charge on any atom is -0.435 e. The molecule has 0 radical (unpaired) electrons. The Hall–Kier alpha value is -1.69. The van der Waals surface area contributed by atoms with Crippen molar-refractivity contribution < 1.29 is 18.3 Å². The van der Waals surface area contributed by atoms with Gasteiger partial charge in [0.15, 0.2) is 0 Å². The summed E-state index contributed by atoms with van der Waals surface area (Å²) in [6.45, 7) is 1.89. The highest BCUT2D eigenvalue weighted by molar-refractivity contribution is 5.79. The lowest BCUT2D eigenvalue weighted by Gasteiger charge is -2.28. The van der Waals surface area contributed by atoms with E-state index in [1.54, 1.807) is 12.1 Å². The molecule has 1 aliphatic heterocycles. The van der Waals surface area contributed by atoms with Crippen LogP contribution in [-0.4, -0.2) is 25.1 Å². The van der Waals surface area contributed by atoms with Crippen LogP contribution >= 0.6 is 0 Å². The van der Waals surface area contributed by atoms with Gasteiger partial charge in [-0.25, -0.2) is 0 Å². The molecule has 122 valence electrons. The molecule has 0 saturated carbocycles. The monoisotopic (exact) mass is 312 g/mol. The average molecular weight is 312 g/mol. The molecule has 0 aromatic heterocycles. The molecule has 1 fully saturated rings. The number of piperidine rings is 1. The zero-order valence-corrected chi connectivity index (χ0v) is 12.8. The fourth-order valence-corrected chi connectivity index (χ4v) is 2.74. The highest BCUT2D eigenvalue weighted by Crippen LogP contribution is 2.22. The van der Waals surface area contributed by atoms with Crippen molar-refractivity contribution in [1.82, 2.24) is 10.6 Å². The Balaban J connectivity index is 1.96. The minimum absolute atomic E-state index is 0.000744. The van der Waals surface area contributed by atoms with Crippen LogP contribution in [0.3, 0.4) is 0 Å². The summed E-state index contributed by atoms with van der Waals surface area (Å²) >= 11 is 0.